The zero-order valence-corrected chi connectivity index (χ0v) is 14.3. The van der Waals surface area contributed by atoms with Crippen LogP contribution in [0.1, 0.15) is 49.9 Å². The molecule has 0 aliphatic heterocycles. The smallest absolute Gasteiger partial charge is 0.253 e. The van der Waals surface area contributed by atoms with Crippen LogP contribution in [0.5, 0.6) is 0 Å². The maximum absolute atomic E-state index is 12.0. The molecule has 1 fully saturated rings. The first kappa shape index (κ1) is 16.7. The van der Waals surface area contributed by atoms with Gasteiger partial charge in [0.15, 0.2) is 5.82 Å². The summed E-state index contributed by atoms with van der Waals surface area (Å²) in [4.78, 5) is 16.3. The number of hydrogen-bond donors (Lipinski definition) is 1. The highest BCUT2D eigenvalue weighted by Gasteiger charge is 2.19. The van der Waals surface area contributed by atoms with Crippen LogP contribution in [0.2, 0.25) is 5.02 Å². The van der Waals surface area contributed by atoms with Gasteiger partial charge in [-0.15, -0.1) is 0 Å². The van der Waals surface area contributed by atoms with E-state index in [4.69, 9.17) is 16.1 Å². The van der Waals surface area contributed by atoms with Crippen LogP contribution in [0.4, 0.5) is 0 Å². The first-order valence-electron chi connectivity index (χ1n) is 8.17. The molecule has 0 atom stereocenters. The molecule has 0 unspecified atom stereocenters. The van der Waals surface area contributed by atoms with Gasteiger partial charge < -0.3 is 9.84 Å². The number of nitrogens with one attached hydrogen (secondary N) is 1. The van der Waals surface area contributed by atoms with Crippen LogP contribution in [-0.4, -0.2) is 22.1 Å². The van der Waals surface area contributed by atoms with Crippen molar-refractivity contribution in [1.82, 2.24) is 15.5 Å². The van der Waals surface area contributed by atoms with Gasteiger partial charge in [0.2, 0.25) is 5.91 Å². The van der Waals surface area contributed by atoms with Gasteiger partial charge in [-0.25, -0.2) is 0 Å². The van der Waals surface area contributed by atoms with Gasteiger partial charge in [0, 0.05) is 16.6 Å². The molecule has 6 heteroatoms. The summed E-state index contributed by atoms with van der Waals surface area (Å²) in [7, 11) is 0. The zero-order chi connectivity index (χ0) is 16.9. The van der Waals surface area contributed by atoms with Gasteiger partial charge in [0.05, 0.1) is 6.42 Å². The van der Waals surface area contributed by atoms with Crippen molar-refractivity contribution in [2.75, 3.05) is 0 Å². The molecule has 0 saturated heterocycles. The summed E-state index contributed by atoms with van der Waals surface area (Å²) < 4.78 is 5.26. The first-order chi connectivity index (χ1) is 11.6. The third-order valence-corrected chi connectivity index (χ3v) is 4.47. The van der Waals surface area contributed by atoms with Crippen LogP contribution < -0.4 is 5.32 Å². The van der Waals surface area contributed by atoms with Crippen molar-refractivity contribution in [2.24, 2.45) is 0 Å². The van der Waals surface area contributed by atoms with E-state index in [0.717, 1.165) is 24.0 Å². The Bertz CT molecular complexity index is 748. The Morgan fingerprint density at radius 1 is 1.38 bits per heavy atom. The average Bonchev–Trinajstić information content (AvgIpc) is 3.21. The van der Waals surface area contributed by atoms with E-state index in [2.05, 4.69) is 15.5 Å². The molecule has 1 amide bonds. The fourth-order valence-corrected chi connectivity index (χ4v) is 3.06. The predicted molar refractivity (Wildman–Crippen MR) is 93.4 cm³/mol. The fourth-order valence-electron chi connectivity index (χ4n) is 2.87. The average molecular weight is 346 g/mol. The Morgan fingerprint density at radius 3 is 2.88 bits per heavy atom. The zero-order valence-electron chi connectivity index (χ0n) is 13.6. The van der Waals surface area contributed by atoms with Crippen molar-refractivity contribution in [3.8, 4) is 0 Å². The third kappa shape index (κ3) is 4.23. The predicted octanol–water partition coefficient (Wildman–Crippen LogP) is 3.88. The second kappa shape index (κ2) is 7.62. The molecule has 5 nitrogen and oxygen atoms in total. The van der Waals surface area contributed by atoms with Gasteiger partial charge >= 0.3 is 0 Å². The summed E-state index contributed by atoms with van der Waals surface area (Å²) in [5.41, 5.74) is 1.69. The van der Waals surface area contributed by atoms with Crippen molar-refractivity contribution in [1.29, 1.82) is 0 Å². The van der Waals surface area contributed by atoms with Crippen molar-refractivity contribution in [3.63, 3.8) is 0 Å². The lowest BCUT2D eigenvalue weighted by Gasteiger charge is -2.10. The number of amides is 1. The Hall–Kier alpha value is -2.14. The molecule has 126 valence electrons. The molecule has 1 N–H and O–H groups in total. The van der Waals surface area contributed by atoms with Gasteiger partial charge in [-0.3, -0.25) is 4.79 Å². The van der Waals surface area contributed by atoms with E-state index in [1.807, 2.05) is 37.3 Å². The lowest BCUT2D eigenvalue weighted by molar-refractivity contribution is -0.121. The highest BCUT2D eigenvalue weighted by atomic mass is 35.5. The minimum Gasteiger partial charge on any atom is -0.353 e. The van der Waals surface area contributed by atoms with Gasteiger partial charge in [0.1, 0.15) is 0 Å². The van der Waals surface area contributed by atoms with Gasteiger partial charge in [0.25, 0.3) is 5.89 Å². The molecule has 1 heterocycles. The summed E-state index contributed by atoms with van der Waals surface area (Å²) in [5, 5.41) is 7.58. The molecule has 0 radical (unpaired) electrons. The van der Waals surface area contributed by atoms with Crippen LogP contribution in [0.25, 0.3) is 11.6 Å². The fraction of sp³-hybridized carbons (Fsp3) is 0.389. The first-order valence-corrected chi connectivity index (χ1v) is 8.55. The van der Waals surface area contributed by atoms with Crippen LogP contribution in [0.15, 0.2) is 28.8 Å². The SMILES string of the molecule is CC(=Cc1ccccc1Cl)c1nc(CC(=O)NC2CCCC2)no1. The second-order valence-corrected chi connectivity index (χ2v) is 6.50. The van der Waals surface area contributed by atoms with E-state index in [0.29, 0.717) is 22.8 Å². The number of halogens is 1. The van der Waals surface area contributed by atoms with E-state index in [1.165, 1.54) is 12.8 Å². The van der Waals surface area contributed by atoms with Crippen molar-refractivity contribution < 1.29 is 9.32 Å². The Kier molecular flexibility index (Phi) is 5.30. The number of carbonyl (C=O) groups is 1. The molecule has 2 aromatic rings. The third-order valence-electron chi connectivity index (χ3n) is 4.12. The van der Waals surface area contributed by atoms with Crippen molar-refractivity contribution >= 4 is 29.2 Å². The van der Waals surface area contributed by atoms with E-state index in [-0.39, 0.29) is 12.3 Å². The molecule has 1 aliphatic carbocycles. The normalized spacial score (nSPS) is 15.7. The molecule has 0 bridgehead atoms. The Morgan fingerprint density at radius 2 is 2.12 bits per heavy atom. The maximum Gasteiger partial charge on any atom is 0.253 e. The molecular formula is C18H20ClN3O2. The molecule has 24 heavy (non-hydrogen) atoms. The molecule has 0 spiro atoms. The molecule has 1 aromatic heterocycles. The molecule has 3 rings (SSSR count). The minimum atomic E-state index is -0.0537. The molecule has 1 aromatic carbocycles. The van der Waals surface area contributed by atoms with Crippen LogP contribution in [-0.2, 0) is 11.2 Å². The van der Waals surface area contributed by atoms with E-state index < -0.39 is 0 Å². The lowest BCUT2D eigenvalue weighted by atomic mass is 10.1. The molecule has 1 saturated carbocycles. The summed E-state index contributed by atoms with van der Waals surface area (Å²) >= 11 is 6.15. The van der Waals surface area contributed by atoms with Gasteiger partial charge in [-0.2, -0.15) is 4.98 Å². The summed E-state index contributed by atoms with van der Waals surface area (Å²) in [6.45, 7) is 1.87. The topological polar surface area (TPSA) is 68.0 Å². The lowest BCUT2D eigenvalue weighted by Crippen LogP contribution is -2.33. The quantitative estimate of drug-likeness (QED) is 0.892. The Labute approximate surface area is 146 Å². The number of nitrogens with zero attached hydrogens (tertiary/aromatic N) is 2. The number of hydrogen-bond acceptors (Lipinski definition) is 4. The molecular weight excluding hydrogens is 326 g/mol. The standard InChI is InChI=1S/C18H20ClN3O2/c1-12(10-13-6-2-5-9-15(13)19)18-21-16(22-24-18)11-17(23)20-14-7-3-4-8-14/h2,5-6,9-10,14H,3-4,7-8,11H2,1H3,(H,20,23). The highest BCUT2D eigenvalue weighted by molar-refractivity contribution is 6.32. The van der Waals surface area contributed by atoms with Crippen molar-refractivity contribution in [3.05, 3.63) is 46.6 Å². The van der Waals surface area contributed by atoms with E-state index >= 15 is 0 Å². The van der Waals surface area contributed by atoms with Crippen LogP contribution in [0.3, 0.4) is 0 Å². The summed E-state index contributed by atoms with van der Waals surface area (Å²) in [6.07, 6.45) is 6.51. The second-order valence-electron chi connectivity index (χ2n) is 6.09. The number of aromatic nitrogens is 2. The number of allylic oxidation sites excluding steroid dienone is 1. The van der Waals surface area contributed by atoms with E-state index in [1.54, 1.807) is 0 Å². The Balaban J connectivity index is 1.64. The maximum atomic E-state index is 12.0. The largest absolute Gasteiger partial charge is 0.353 e. The number of carbonyl (C=O) groups excluding carboxylic acids is 1. The van der Waals surface area contributed by atoms with Crippen LogP contribution >= 0.6 is 11.6 Å². The molecule has 1 aliphatic rings. The van der Waals surface area contributed by atoms with Crippen LogP contribution in [0, 0.1) is 0 Å². The highest BCUT2D eigenvalue weighted by Crippen LogP contribution is 2.22. The summed E-state index contributed by atoms with van der Waals surface area (Å²) in [6, 6.07) is 7.83. The monoisotopic (exact) mass is 345 g/mol. The van der Waals surface area contributed by atoms with E-state index in [9.17, 15) is 4.79 Å². The van der Waals surface area contributed by atoms with Gasteiger partial charge in [-0.1, -0.05) is 47.8 Å². The number of rotatable bonds is 5. The minimum absolute atomic E-state index is 0.0537. The summed E-state index contributed by atoms with van der Waals surface area (Å²) in [5.74, 6) is 0.743. The van der Waals surface area contributed by atoms with Crippen molar-refractivity contribution in [2.45, 2.75) is 45.1 Å². The van der Waals surface area contributed by atoms with Gasteiger partial charge in [-0.05, 0) is 37.5 Å². The number of benzene rings is 1.